The molecular weight excluding hydrogens is 414 g/mol. The molecular formula is C22H32N5O3S+. The summed E-state index contributed by atoms with van der Waals surface area (Å²) in [5.74, 6) is 1.58. The van der Waals surface area contributed by atoms with Crippen LogP contribution in [0, 0.1) is 5.92 Å². The van der Waals surface area contributed by atoms with Crippen LogP contribution in [0.3, 0.4) is 0 Å². The van der Waals surface area contributed by atoms with Crippen molar-refractivity contribution in [2.75, 3.05) is 24.6 Å². The van der Waals surface area contributed by atoms with Crippen LogP contribution in [0.25, 0.3) is 11.0 Å². The van der Waals surface area contributed by atoms with E-state index < -0.39 is 10.2 Å². The molecule has 0 unspecified atom stereocenters. The molecule has 1 aromatic carbocycles. The lowest BCUT2D eigenvalue weighted by Gasteiger charge is -2.26. The van der Waals surface area contributed by atoms with Crippen LogP contribution >= 0.6 is 0 Å². The van der Waals surface area contributed by atoms with E-state index in [1.807, 2.05) is 18.2 Å². The highest BCUT2D eigenvalue weighted by molar-refractivity contribution is 7.91. The second-order valence-electron chi connectivity index (χ2n) is 9.41. The monoisotopic (exact) mass is 446 g/mol. The maximum absolute atomic E-state index is 13.0. The molecule has 0 atom stereocenters. The van der Waals surface area contributed by atoms with Gasteiger partial charge in [-0.05, 0) is 37.0 Å². The van der Waals surface area contributed by atoms with Gasteiger partial charge in [0.05, 0.1) is 23.8 Å². The van der Waals surface area contributed by atoms with E-state index in [1.54, 1.807) is 24.9 Å². The number of anilines is 1. The van der Waals surface area contributed by atoms with Gasteiger partial charge in [-0.3, -0.25) is 0 Å². The van der Waals surface area contributed by atoms with Crippen LogP contribution in [0.15, 0.2) is 36.9 Å². The molecule has 1 aliphatic rings. The third kappa shape index (κ3) is 4.21. The number of rotatable bonds is 5. The summed E-state index contributed by atoms with van der Waals surface area (Å²) >= 11 is 0. The van der Waals surface area contributed by atoms with Gasteiger partial charge in [-0.15, -0.1) is 3.97 Å². The van der Waals surface area contributed by atoms with Crippen molar-refractivity contribution in [1.82, 2.24) is 13.5 Å². The smallest absolute Gasteiger partial charge is 0.381 e. The van der Waals surface area contributed by atoms with E-state index in [4.69, 9.17) is 9.72 Å². The first-order valence-electron chi connectivity index (χ1n) is 10.7. The molecule has 0 spiro atoms. The number of aryl methyl sites for hydroxylation is 1. The van der Waals surface area contributed by atoms with Crippen molar-refractivity contribution < 1.29 is 17.7 Å². The van der Waals surface area contributed by atoms with Gasteiger partial charge in [-0.1, -0.05) is 20.8 Å². The van der Waals surface area contributed by atoms with Crippen molar-refractivity contribution in [3.63, 3.8) is 0 Å². The molecule has 0 radical (unpaired) electrons. The minimum absolute atomic E-state index is 0.123. The van der Waals surface area contributed by atoms with Crippen LogP contribution in [-0.4, -0.2) is 42.2 Å². The van der Waals surface area contributed by atoms with Crippen LogP contribution in [0.1, 0.15) is 39.4 Å². The zero-order valence-electron chi connectivity index (χ0n) is 18.9. The molecule has 0 N–H and O–H groups in total. The summed E-state index contributed by atoms with van der Waals surface area (Å²) < 4.78 is 38.1. The van der Waals surface area contributed by atoms with E-state index in [0.29, 0.717) is 11.6 Å². The fourth-order valence-corrected chi connectivity index (χ4v) is 5.24. The molecule has 0 amide bonds. The van der Waals surface area contributed by atoms with Gasteiger partial charge in [0.2, 0.25) is 0 Å². The van der Waals surface area contributed by atoms with Crippen molar-refractivity contribution >= 4 is 26.9 Å². The number of hydrogen-bond acceptors (Lipinski definition) is 4. The van der Waals surface area contributed by atoms with Gasteiger partial charge >= 0.3 is 10.2 Å². The summed E-state index contributed by atoms with van der Waals surface area (Å²) in [6, 6.07) is 5.72. The average molecular weight is 447 g/mol. The van der Waals surface area contributed by atoms with E-state index in [9.17, 15) is 8.42 Å². The largest absolute Gasteiger partial charge is 0.403 e. The Hall–Kier alpha value is -2.39. The van der Waals surface area contributed by atoms with Crippen LogP contribution in [0.4, 0.5) is 5.69 Å². The number of nitrogens with zero attached hydrogens (tertiary/aromatic N) is 5. The molecule has 0 bridgehead atoms. The van der Waals surface area contributed by atoms with Crippen LogP contribution in [0.5, 0.6) is 0 Å². The Kier molecular flexibility index (Phi) is 5.59. The Morgan fingerprint density at radius 1 is 1.26 bits per heavy atom. The van der Waals surface area contributed by atoms with E-state index in [-0.39, 0.29) is 5.41 Å². The standard InChI is InChI=1S/C22H32N5O3S/c1-22(2,3)21-23-19-14-18(25(5)31(28,29)26-11-10-24(4)16-26)6-7-20(19)27(21)15-17-8-12-30-13-9-17/h6-7,10-11,14,16-17H,8-9,12-13,15H2,1-5H3/q+1. The Morgan fingerprint density at radius 2 is 1.97 bits per heavy atom. The zero-order valence-corrected chi connectivity index (χ0v) is 19.8. The lowest BCUT2D eigenvalue weighted by atomic mass is 9.94. The number of hydrogen-bond donors (Lipinski definition) is 0. The summed E-state index contributed by atoms with van der Waals surface area (Å²) in [6.07, 6.45) is 6.87. The summed E-state index contributed by atoms with van der Waals surface area (Å²) in [4.78, 5) is 4.95. The predicted molar refractivity (Wildman–Crippen MR) is 120 cm³/mol. The van der Waals surface area contributed by atoms with Gasteiger partial charge in [0.25, 0.3) is 6.33 Å². The minimum Gasteiger partial charge on any atom is -0.381 e. The highest BCUT2D eigenvalue weighted by Gasteiger charge is 2.28. The molecule has 9 heteroatoms. The van der Waals surface area contributed by atoms with Crippen molar-refractivity contribution in [3.05, 3.63) is 42.7 Å². The van der Waals surface area contributed by atoms with Crippen molar-refractivity contribution in [1.29, 1.82) is 0 Å². The Labute approximate surface area is 184 Å². The van der Waals surface area contributed by atoms with Gasteiger partial charge in [-0.2, -0.15) is 8.42 Å². The quantitative estimate of drug-likeness (QED) is 0.565. The Bertz CT molecular complexity index is 1180. The molecule has 1 fully saturated rings. The number of aromatic nitrogens is 4. The number of fused-ring (bicyclic) bond motifs is 1. The van der Waals surface area contributed by atoms with Crippen LogP contribution in [-0.2, 0) is 34.0 Å². The predicted octanol–water partition coefficient (Wildman–Crippen LogP) is 2.62. The summed E-state index contributed by atoms with van der Waals surface area (Å²) in [7, 11) is -0.355. The maximum Gasteiger partial charge on any atom is 0.403 e. The molecule has 31 heavy (non-hydrogen) atoms. The first-order valence-corrected chi connectivity index (χ1v) is 12.1. The first-order chi connectivity index (χ1) is 14.6. The van der Waals surface area contributed by atoms with E-state index in [2.05, 4.69) is 25.3 Å². The number of ether oxygens (including phenoxy) is 1. The van der Waals surface area contributed by atoms with Crippen LogP contribution < -0.4 is 8.87 Å². The SMILES string of the molecule is CN(c1ccc2c(c1)nc(C(C)(C)C)n2CC1CCOCC1)S(=O)(=O)n1cc[n+](C)c1. The van der Waals surface area contributed by atoms with Crippen molar-refractivity contribution in [2.24, 2.45) is 13.0 Å². The summed E-state index contributed by atoms with van der Waals surface area (Å²) in [5.41, 5.74) is 2.32. The first kappa shape index (κ1) is 21.8. The lowest BCUT2D eigenvalue weighted by Crippen LogP contribution is -2.33. The normalized spacial score (nSPS) is 16.2. The average Bonchev–Trinajstić information content (AvgIpc) is 3.32. The maximum atomic E-state index is 13.0. The molecule has 3 heterocycles. The van der Waals surface area contributed by atoms with Gasteiger partial charge < -0.3 is 9.30 Å². The second kappa shape index (κ2) is 7.94. The molecule has 0 saturated carbocycles. The minimum atomic E-state index is -3.71. The van der Waals surface area contributed by atoms with Gasteiger partial charge in [-0.25, -0.2) is 13.9 Å². The summed E-state index contributed by atoms with van der Waals surface area (Å²) in [5, 5.41) is 0. The van der Waals surface area contributed by atoms with Gasteiger partial charge in [0, 0.05) is 32.2 Å². The third-order valence-corrected chi connectivity index (χ3v) is 7.56. The number of imidazole rings is 2. The highest BCUT2D eigenvalue weighted by atomic mass is 32.2. The number of benzene rings is 1. The van der Waals surface area contributed by atoms with E-state index in [0.717, 1.165) is 49.5 Å². The fraction of sp³-hybridized carbons (Fsp3) is 0.545. The molecule has 0 aliphatic carbocycles. The van der Waals surface area contributed by atoms with E-state index in [1.165, 1.54) is 20.8 Å². The Balaban J connectivity index is 1.73. The van der Waals surface area contributed by atoms with Crippen molar-refractivity contribution in [2.45, 2.75) is 45.6 Å². The molecule has 3 aromatic rings. The molecule has 1 saturated heterocycles. The van der Waals surface area contributed by atoms with Gasteiger partial charge in [0.15, 0.2) is 0 Å². The third-order valence-electron chi connectivity index (χ3n) is 5.91. The van der Waals surface area contributed by atoms with Gasteiger partial charge in [0.1, 0.15) is 18.2 Å². The fourth-order valence-electron chi connectivity index (χ4n) is 4.10. The zero-order chi connectivity index (χ0) is 22.4. The lowest BCUT2D eigenvalue weighted by molar-refractivity contribution is -0.670. The van der Waals surface area contributed by atoms with Crippen LogP contribution in [0.2, 0.25) is 0 Å². The molecule has 168 valence electrons. The van der Waals surface area contributed by atoms with E-state index >= 15 is 0 Å². The summed E-state index contributed by atoms with van der Waals surface area (Å²) in [6.45, 7) is 9.02. The molecule has 8 nitrogen and oxygen atoms in total. The molecule has 2 aromatic heterocycles. The Morgan fingerprint density at radius 3 is 2.58 bits per heavy atom. The topological polar surface area (TPSA) is 73.2 Å². The molecule has 1 aliphatic heterocycles. The second-order valence-corrected chi connectivity index (χ2v) is 11.3. The molecule has 4 rings (SSSR count). The highest BCUT2D eigenvalue weighted by Crippen LogP contribution is 2.31. The van der Waals surface area contributed by atoms with Crippen molar-refractivity contribution in [3.8, 4) is 0 Å².